The molecule has 0 aromatic carbocycles. The van der Waals surface area contributed by atoms with Gasteiger partial charge >= 0.3 is 0 Å². The number of ether oxygens (including phenoxy) is 1. The van der Waals surface area contributed by atoms with E-state index in [1.54, 1.807) is 7.11 Å². The third-order valence-electron chi connectivity index (χ3n) is 3.22. The van der Waals surface area contributed by atoms with Gasteiger partial charge in [0.2, 0.25) is 0 Å². The van der Waals surface area contributed by atoms with E-state index in [-0.39, 0.29) is 5.54 Å². The summed E-state index contributed by atoms with van der Waals surface area (Å²) in [4.78, 5) is 2.53. The van der Waals surface area contributed by atoms with Gasteiger partial charge in [0.15, 0.2) is 0 Å². The minimum absolute atomic E-state index is 0.168. The third kappa shape index (κ3) is 7.02. The highest BCUT2D eigenvalue weighted by Crippen LogP contribution is 2.10. The molecule has 1 N–H and O–H groups in total. The van der Waals surface area contributed by atoms with Crippen LogP contribution >= 0.6 is 0 Å². The molecule has 0 aliphatic carbocycles. The molecule has 0 aliphatic heterocycles. The van der Waals surface area contributed by atoms with E-state index in [1.165, 1.54) is 6.42 Å². The summed E-state index contributed by atoms with van der Waals surface area (Å²) in [5, 5.41) is 3.58. The predicted octanol–water partition coefficient (Wildman–Crippen LogP) is 2.51. The van der Waals surface area contributed by atoms with E-state index in [4.69, 9.17) is 4.74 Å². The van der Waals surface area contributed by atoms with Gasteiger partial charge in [-0.1, -0.05) is 13.8 Å². The van der Waals surface area contributed by atoms with Gasteiger partial charge in [-0.25, -0.2) is 0 Å². The fraction of sp³-hybridized carbons (Fsp3) is 1.00. The second-order valence-electron chi connectivity index (χ2n) is 5.83. The molecule has 0 aliphatic rings. The fourth-order valence-electron chi connectivity index (χ4n) is 2.05. The molecule has 3 heteroatoms. The molecule has 0 heterocycles. The summed E-state index contributed by atoms with van der Waals surface area (Å²) in [5.41, 5.74) is 0.168. The number of likely N-dealkylation sites (N-methyl/N-ethyl adjacent to an activating group) is 1. The maximum absolute atomic E-state index is 5.36. The molecule has 0 amide bonds. The smallest absolute Gasteiger partial charge is 0.0630 e. The maximum Gasteiger partial charge on any atom is 0.0630 e. The minimum Gasteiger partial charge on any atom is -0.383 e. The number of hydrogen-bond acceptors (Lipinski definition) is 3. The third-order valence-corrected chi connectivity index (χ3v) is 3.22. The topological polar surface area (TPSA) is 24.5 Å². The van der Waals surface area contributed by atoms with E-state index >= 15 is 0 Å². The van der Waals surface area contributed by atoms with Gasteiger partial charge in [-0.15, -0.1) is 0 Å². The Kier molecular flexibility index (Phi) is 8.01. The van der Waals surface area contributed by atoms with Gasteiger partial charge in [0.05, 0.1) is 6.61 Å². The Bertz CT molecular complexity index is 189. The predicted molar refractivity (Wildman–Crippen MR) is 75.6 cm³/mol. The van der Waals surface area contributed by atoms with Gasteiger partial charge in [-0.2, -0.15) is 0 Å². The Hall–Kier alpha value is -0.120. The molecule has 0 aromatic heterocycles. The molecule has 3 nitrogen and oxygen atoms in total. The first-order valence-electron chi connectivity index (χ1n) is 6.85. The minimum atomic E-state index is 0.168. The number of rotatable bonds is 8. The van der Waals surface area contributed by atoms with Crippen molar-refractivity contribution in [2.24, 2.45) is 0 Å². The summed E-state index contributed by atoms with van der Waals surface area (Å²) in [7, 11) is 1.79. The van der Waals surface area contributed by atoms with Crippen molar-refractivity contribution in [1.29, 1.82) is 0 Å². The molecule has 0 radical (unpaired) electrons. The van der Waals surface area contributed by atoms with E-state index < -0.39 is 0 Å². The van der Waals surface area contributed by atoms with E-state index in [0.717, 1.165) is 19.7 Å². The molecule has 17 heavy (non-hydrogen) atoms. The zero-order valence-electron chi connectivity index (χ0n) is 12.8. The van der Waals surface area contributed by atoms with Crippen LogP contribution in [0.1, 0.15) is 48.0 Å². The molecule has 0 saturated heterocycles. The summed E-state index contributed by atoms with van der Waals surface area (Å²) in [5.74, 6) is 0. The number of hydrogen-bond donors (Lipinski definition) is 1. The second kappa shape index (κ2) is 8.06. The zero-order chi connectivity index (χ0) is 13.5. The van der Waals surface area contributed by atoms with Gasteiger partial charge in [-0.3, -0.25) is 4.90 Å². The Balaban J connectivity index is 4.46. The first-order chi connectivity index (χ1) is 7.85. The number of nitrogens with zero attached hydrogens (tertiary/aromatic N) is 1. The molecule has 104 valence electrons. The summed E-state index contributed by atoms with van der Waals surface area (Å²) >= 11 is 0. The van der Waals surface area contributed by atoms with Crippen LogP contribution in [0.5, 0.6) is 0 Å². The van der Waals surface area contributed by atoms with Crippen molar-refractivity contribution in [2.75, 3.05) is 26.8 Å². The Morgan fingerprint density at radius 2 is 1.82 bits per heavy atom. The van der Waals surface area contributed by atoms with Crippen molar-refractivity contribution in [1.82, 2.24) is 10.2 Å². The highest BCUT2D eigenvalue weighted by atomic mass is 16.5. The number of nitrogens with one attached hydrogen (secondary N) is 1. The lowest BCUT2D eigenvalue weighted by atomic mass is 10.1. The van der Waals surface area contributed by atoms with E-state index in [0.29, 0.717) is 12.1 Å². The summed E-state index contributed by atoms with van der Waals surface area (Å²) in [6.45, 7) is 16.2. The molecule has 0 saturated carbocycles. The van der Waals surface area contributed by atoms with Crippen LogP contribution in [0.3, 0.4) is 0 Å². The monoisotopic (exact) mass is 244 g/mol. The molecule has 2 atom stereocenters. The lowest BCUT2D eigenvalue weighted by molar-refractivity contribution is 0.0639. The lowest BCUT2D eigenvalue weighted by Gasteiger charge is -2.36. The van der Waals surface area contributed by atoms with Crippen LogP contribution in [-0.4, -0.2) is 49.3 Å². The standard InChI is InChI=1S/C14H32N2O/c1-8-12(3)16(9-2)13(11-17-7)10-15-14(4,5)6/h12-13,15H,8-11H2,1-7H3. The van der Waals surface area contributed by atoms with Crippen LogP contribution < -0.4 is 5.32 Å². The molecule has 0 fully saturated rings. The van der Waals surface area contributed by atoms with Gasteiger partial charge in [0.1, 0.15) is 0 Å². The highest BCUT2D eigenvalue weighted by molar-refractivity contribution is 4.81. The van der Waals surface area contributed by atoms with Crippen molar-refractivity contribution >= 4 is 0 Å². The molecule has 2 unspecified atom stereocenters. The Labute approximate surface area is 108 Å². The molecule has 0 rings (SSSR count). The van der Waals surface area contributed by atoms with Crippen LogP contribution in [0.2, 0.25) is 0 Å². The number of methoxy groups -OCH3 is 1. The van der Waals surface area contributed by atoms with Crippen molar-refractivity contribution in [3.63, 3.8) is 0 Å². The van der Waals surface area contributed by atoms with Crippen LogP contribution in [0.25, 0.3) is 0 Å². The Morgan fingerprint density at radius 1 is 1.24 bits per heavy atom. The van der Waals surface area contributed by atoms with Crippen molar-refractivity contribution < 1.29 is 4.74 Å². The van der Waals surface area contributed by atoms with Crippen molar-refractivity contribution in [2.45, 2.75) is 65.6 Å². The average molecular weight is 244 g/mol. The van der Waals surface area contributed by atoms with E-state index in [2.05, 4.69) is 51.8 Å². The first-order valence-corrected chi connectivity index (χ1v) is 6.85. The summed E-state index contributed by atoms with van der Waals surface area (Å²) in [6.07, 6.45) is 1.18. The van der Waals surface area contributed by atoms with Crippen LogP contribution in [-0.2, 0) is 4.74 Å². The largest absolute Gasteiger partial charge is 0.383 e. The van der Waals surface area contributed by atoms with E-state index in [9.17, 15) is 0 Å². The molecular formula is C14H32N2O. The molecule has 0 bridgehead atoms. The first kappa shape index (κ1) is 16.9. The van der Waals surface area contributed by atoms with Crippen molar-refractivity contribution in [3.05, 3.63) is 0 Å². The van der Waals surface area contributed by atoms with Crippen molar-refractivity contribution in [3.8, 4) is 0 Å². The summed E-state index contributed by atoms with van der Waals surface area (Å²) in [6, 6.07) is 1.07. The van der Waals surface area contributed by atoms with E-state index in [1.807, 2.05) is 0 Å². The molecule has 0 spiro atoms. The molecule has 0 aromatic rings. The maximum atomic E-state index is 5.36. The van der Waals surface area contributed by atoms with Crippen LogP contribution in [0, 0.1) is 0 Å². The summed E-state index contributed by atoms with van der Waals surface area (Å²) < 4.78 is 5.36. The van der Waals surface area contributed by atoms with Gasteiger partial charge in [-0.05, 0) is 40.7 Å². The van der Waals surface area contributed by atoms with Gasteiger partial charge in [0, 0.05) is 31.3 Å². The SMILES string of the molecule is CCC(C)N(CC)C(CNC(C)(C)C)COC. The van der Waals surface area contributed by atoms with Crippen LogP contribution in [0.4, 0.5) is 0 Å². The fourth-order valence-corrected chi connectivity index (χ4v) is 2.05. The average Bonchev–Trinajstić information content (AvgIpc) is 2.25. The zero-order valence-corrected chi connectivity index (χ0v) is 12.8. The van der Waals surface area contributed by atoms with Gasteiger partial charge in [0.25, 0.3) is 0 Å². The second-order valence-corrected chi connectivity index (χ2v) is 5.83. The van der Waals surface area contributed by atoms with Crippen LogP contribution in [0.15, 0.2) is 0 Å². The quantitative estimate of drug-likeness (QED) is 0.710. The van der Waals surface area contributed by atoms with Gasteiger partial charge < -0.3 is 10.1 Å². The lowest BCUT2D eigenvalue weighted by Crippen LogP contribution is -2.52. The highest BCUT2D eigenvalue weighted by Gasteiger charge is 2.22. The normalized spacial score (nSPS) is 16.2. The Morgan fingerprint density at radius 3 is 2.18 bits per heavy atom. The molecular weight excluding hydrogens is 212 g/mol.